The van der Waals surface area contributed by atoms with Gasteiger partial charge in [0.05, 0.1) is 10.9 Å². The Morgan fingerprint density at radius 3 is 2.76 bits per heavy atom. The van der Waals surface area contributed by atoms with Crippen LogP contribution in [0.4, 0.5) is 10.1 Å². The van der Waals surface area contributed by atoms with Crippen LogP contribution in [0.5, 0.6) is 0 Å². The lowest BCUT2D eigenvalue weighted by Gasteiger charge is -2.15. The summed E-state index contributed by atoms with van der Waals surface area (Å²) in [5.41, 5.74) is 0.0571. The number of carbonyl (C=O) groups is 2. The number of para-hydroxylation sites is 1. The zero-order valence-corrected chi connectivity index (χ0v) is 10.2. The first-order chi connectivity index (χ1) is 8.15. The van der Waals surface area contributed by atoms with E-state index >= 15 is 0 Å². The third kappa shape index (κ3) is 2.20. The van der Waals surface area contributed by atoms with Crippen molar-refractivity contribution in [3.8, 4) is 0 Å². The lowest BCUT2D eigenvalue weighted by atomic mass is 10.3. The molecule has 0 radical (unpaired) electrons. The SMILES string of the molecule is CCSC1CC(=O)N(c2ccccc2F)C1=O. The van der Waals surface area contributed by atoms with Crippen molar-refractivity contribution in [3.63, 3.8) is 0 Å². The molecule has 1 fully saturated rings. The van der Waals surface area contributed by atoms with Gasteiger partial charge in [-0.1, -0.05) is 19.1 Å². The van der Waals surface area contributed by atoms with Gasteiger partial charge >= 0.3 is 0 Å². The lowest BCUT2D eigenvalue weighted by Crippen LogP contribution is -2.31. The third-order valence-electron chi connectivity index (χ3n) is 2.57. The van der Waals surface area contributed by atoms with E-state index in [2.05, 4.69) is 0 Å². The molecule has 0 spiro atoms. The molecule has 2 amide bonds. The first-order valence-electron chi connectivity index (χ1n) is 5.38. The van der Waals surface area contributed by atoms with Crippen molar-refractivity contribution in [2.75, 3.05) is 10.7 Å². The van der Waals surface area contributed by atoms with Gasteiger partial charge < -0.3 is 0 Å². The van der Waals surface area contributed by atoms with Gasteiger partial charge in [-0.05, 0) is 17.9 Å². The summed E-state index contributed by atoms with van der Waals surface area (Å²) in [6.45, 7) is 1.92. The van der Waals surface area contributed by atoms with Crippen molar-refractivity contribution in [2.24, 2.45) is 0 Å². The average Bonchev–Trinajstić information content (AvgIpc) is 2.57. The summed E-state index contributed by atoms with van der Waals surface area (Å²) >= 11 is 1.42. The number of hydrogen-bond acceptors (Lipinski definition) is 3. The number of thioether (sulfide) groups is 1. The monoisotopic (exact) mass is 253 g/mol. The summed E-state index contributed by atoms with van der Waals surface area (Å²) in [7, 11) is 0. The van der Waals surface area contributed by atoms with Gasteiger partial charge in [-0.2, -0.15) is 0 Å². The Morgan fingerprint density at radius 2 is 2.12 bits per heavy atom. The van der Waals surface area contributed by atoms with Crippen LogP contribution < -0.4 is 4.90 Å². The molecule has 1 atom stereocenters. The number of amides is 2. The van der Waals surface area contributed by atoms with Gasteiger partial charge in [-0.25, -0.2) is 9.29 Å². The van der Waals surface area contributed by atoms with Crippen LogP contribution in [0.3, 0.4) is 0 Å². The summed E-state index contributed by atoms with van der Waals surface area (Å²) in [6, 6.07) is 5.84. The average molecular weight is 253 g/mol. The van der Waals surface area contributed by atoms with Crippen LogP contribution in [0.25, 0.3) is 0 Å². The number of rotatable bonds is 3. The third-order valence-corrected chi connectivity index (χ3v) is 3.67. The fourth-order valence-electron chi connectivity index (χ4n) is 1.82. The minimum Gasteiger partial charge on any atom is -0.274 e. The molecule has 90 valence electrons. The molecule has 1 heterocycles. The van der Waals surface area contributed by atoms with Crippen molar-refractivity contribution >= 4 is 29.3 Å². The Labute approximate surface area is 103 Å². The number of benzene rings is 1. The zero-order valence-electron chi connectivity index (χ0n) is 9.35. The van der Waals surface area contributed by atoms with Crippen molar-refractivity contribution in [2.45, 2.75) is 18.6 Å². The molecular formula is C12H12FNO2S. The predicted molar refractivity (Wildman–Crippen MR) is 65.4 cm³/mol. The molecule has 0 aliphatic carbocycles. The Morgan fingerprint density at radius 1 is 1.41 bits per heavy atom. The Hall–Kier alpha value is -1.36. The maximum absolute atomic E-state index is 13.5. The molecule has 17 heavy (non-hydrogen) atoms. The Balaban J connectivity index is 2.31. The molecule has 1 aliphatic rings. The first-order valence-corrected chi connectivity index (χ1v) is 6.43. The van der Waals surface area contributed by atoms with Crippen LogP contribution >= 0.6 is 11.8 Å². The number of anilines is 1. The van der Waals surface area contributed by atoms with E-state index in [0.717, 1.165) is 10.7 Å². The standard InChI is InChI=1S/C12H12FNO2S/c1-2-17-10-7-11(15)14(12(10)16)9-6-4-3-5-8(9)13/h3-6,10H,2,7H2,1H3. The van der Waals surface area contributed by atoms with E-state index in [1.165, 1.54) is 30.0 Å². The van der Waals surface area contributed by atoms with Gasteiger partial charge in [0.2, 0.25) is 11.8 Å². The fraction of sp³-hybridized carbons (Fsp3) is 0.333. The number of imide groups is 1. The van der Waals surface area contributed by atoms with Gasteiger partial charge in [0.15, 0.2) is 0 Å². The molecule has 0 aromatic heterocycles. The van der Waals surface area contributed by atoms with Gasteiger partial charge in [0.1, 0.15) is 5.82 Å². The lowest BCUT2D eigenvalue weighted by molar-refractivity contribution is -0.121. The number of halogens is 1. The summed E-state index contributed by atoms with van der Waals surface area (Å²) in [4.78, 5) is 24.7. The largest absolute Gasteiger partial charge is 0.274 e. The van der Waals surface area contributed by atoms with Gasteiger partial charge in [-0.15, -0.1) is 11.8 Å². The van der Waals surface area contributed by atoms with E-state index in [-0.39, 0.29) is 29.2 Å². The molecule has 0 bridgehead atoms. The molecule has 3 nitrogen and oxygen atoms in total. The molecule has 0 saturated carbocycles. The normalized spacial score (nSPS) is 20.1. The molecule has 1 aromatic rings. The second-order valence-electron chi connectivity index (χ2n) is 3.67. The van der Waals surface area contributed by atoms with Gasteiger partial charge in [-0.3, -0.25) is 9.59 Å². The molecule has 1 aliphatic heterocycles. The summed E-state index contributed by atoms with van der Waals surface area (Å²) in [5.74, 6) is -0.427. The minimum atomic E-state index is -0.545. The summed E-state index contributed by atoms with van der Waals surface area (Å²) in [6.07, 6.45) is 0.158. The molecule has 1 unspecified atom stereocenters. The van der Waals surface area contributed by atoms with E-state index in [9.17, 15) is 14.0 Å². The van der Waals surface area contributed by atoms with Gasteiger partial charge in [0, 0.05) is 6.42 Å². The predicted octanol–water partition coefficient (Wildman–Crippen LogP) is 2.21. The molecular weight excluding hydrogens is 241 g/mol. The maximum Gasteiger partial charge on any atom is 0.247 e. The molecule has 0 N–H and O–H groups in total. The molecule has 1 saturated heterocycles. The highest BCUT2D eigenvalue weighted by Crippen LogP contribution is 2.30. The molecule has 1 aromatic carbocycles. The van der Waals surface area contributed by atoms with Crippen LogP contribution in [0, 0.1) is 5.82 Å². The number of hydrogen-bond donors (Lipinski definition) is 0. The number of nitrogens with zero attached hydrogens (tertiary/aromatic N) is 1. The van der Waals surface area contributed by atoms with Crippen molar-refractivity contribution < 1.29 is 14.0 Å². The highest BCUT2D eigenvalue weighted by molar-refractivity contribution is 8.00. The summed E-state index contributed by atoms with van der Waals surface area (Å²) < 4.78 is 13.5. The van der Waals surface area contributed by atoms with Crippen LogP contribution in [-0.4, -0.2) is 22.8 Å². The van der Waals surface area contributed by atoms with Crippen LogP contribution in [0.2, 0.25) is 0 Å². The Bertz CT molecular complexity index is 464. The van der Waals surface area contributed by atoms with Crippen molar-refractivity contribution in [3.05, 3.63) is 30.1 Å². The van der Waals surface area contributed by atoms with Crippen LogP contribution in [-0.2, 0) is 9.59 Å². The van der Waals surface area contributed by atoms with Crippen LogP contribution in [0.1, 0.15) is 13.3 Å². The smallest absolute Gasteiger partial charge is 0.247 e. The summed E-state index contributed by atoms with van der Waals surface area (Å²) in [5, 5.41) is -0.368. The minimum absolute atomic E-state index is 0.0571. The maximum atomic E-state index is 13.5. The highest BCUT2D eigenvalue weighted by Gasteiger charge is 2.40. The van der Waals surface area contributed by atoms with Crippen LogP contribution in [0.15, 0.2) is 24.3 Å². The van der Waals surface area contributed by atoms with E-state index in [0.29, 0.717) is 0 Å². The zero-order chi connectivity index (χ0) is 12.4. The van der Waals surface area contributed by atoms with E-state index in [4.69, 9.17) is 0 Å². The quantitative estimate of drug-likeness (QED) is 0.775. The van der Waals surface area contributed by atoms with Crippen molar-refractivity contribution in [1.82, 2.24) is 0 Å². The molecule has 2 rings (SSSR count). The second kappa shape index (κ2) is 4.87. The number of carbonyl (C=O) groups excluding carboxylic acids is 2. The fourth-order valence-corrected chi connectivity index (χ4v) is 2.73. The highest BCUT2D eigenvalue weighted by atomic mass is 32.2. The first kappa shape index (κ1) is 12.1. The van der Waals surface area contributed by atoms with Gasteiger partial charge in [0.25, 0.3) is 0 Å². The van der Waals surface area contributed by atoms with Crippen molar-refractivity contribution in [1.29, 1.82) is 0 Å². The Kier molecular flexibility index (Phi) is 3.47. The van der Waals surface area contributed by atoms with E-state index < -0.39 is 5.82 Å². The second-order valence-corrected chi connectivity index (χ2v) is 5.15. The van der Waals surface area contributed by atoms with E-state index in [1.54, 1.807) is 6.07 Å². The van der Waals surface area contributed by atoms with E-state index in [1.807, 2.05) is 6.92 Å². The molecule has 5 heteroatoms. The topological polar surface area (TPSA) is 37.4 Å².